The topological polar surface area (TPSA) is 121 Å². The molecule has 0 saturated heterocycles. The van der Waals surface area contributed by atoms with E-state index in [-0.39, 0.29) is 23.7 Å². The molecule has 0 radical (unpaired) electrons. The maximum Gasteiger partial charge on any atom is 0.309 e. The van der Waals surface area contributed by atoms with Crippen molar-refractivity contribution in [1.29, 1.82) is 0 Å². The lowest BCUT2D eigenvalue weighted by Gasteiger charge is -2.16. The van der Waals surface area contributed by atoms with E-state index < -0.39 is 26.9 Å². The van der Waals surface area contributed by atoms with Gasteiger partial charge < -0.3 is 20.0 Å². The zero-order valence-corrected chi connectivity index (χ0v) is 18.5. The number of carbonyl (C=O) groups is 2. The van der Waals surface area contributed by atoms with Gasteiger partial charge in [-0.3, -0.25) is 9.59 Å². The summed E-state index contributed by atoms with van der Waals surface area (Å²) in [7, 11) is -3.86. The zero-order chi connectivity index (χ0) is 23.3. The first kappa shape index (κ1) is 22.3. The van der Waals surface area contributed by atoms with Gasteiger partial charge in [0.15, 0.2) is 9.84 Å². The van der Waals surface area contributed by atoms with Crippen molar-refractivity contribution < 1.29 is 22.4 Å². The minimum atomic E-state index is -3.86. The second-order valence-corrected chi connectivity index (χ2v) is 9.57. The molecule has 2 heterocycles. The monoisotopic (exact) mass is 465 g/mol. The molecule has 33 heavy (non-hydrogen) atoms. The van der Waals surface area contributed by atoms with Crippen LogP contribution in [0.1, 0.15) is 16.6 Å². The van der Waals surface area contributed by atoms with Gasteiger partial charge in [-0.25, -0.2) is 8.42 Å². The largest absolute Gasteiger partial charge is 0.468 e. The van der Waals surface area contributed by atoms with Gasteiger partial charge in [-0.05, 0) is 42.3 Å². The van der Waals surface area contributed by atoms with Crippen molar-refractivity contribution in [3.63, 3.8) is 0 Å². The highest BCUT2D eigenvalue weighted by Gasteiger charge is 2.32. The molecule has 170 valence electrons. The average molecular weight is 466 g/mol. The van der Waals surface area contributed by atoms with Gasteiger partial charge in [-0.2, -0.15) is 0 Å². The van der Waals surface area contributed by atoms with E-state index in [1.807, 2.05) is 30.5 Å². The summed E-state index contributed by atoms with van der Waals surface area (Å²) in [6.45, 7) is -0.0442. The fourth-order valence-corrected chi connectivity index (χ4v) is 5.21. The van der Waals surface area contributed by atoms with E-state index in [9.17, 15) is 18.0 Å². The van der Waals surface area contributed by atoms with Crippen molar-refractivity contribution in [1.82, 2.24) is 15.6 Å². The third-order valence-corrected chi connectivity index (χ3v) is 7.39. The minimum absolute atomic E-state index is 0.101. The van der Waals surface area contributed by atoms with Crippen LogP contribution in [0.4, 0.5) is 0 Å². The smallest absolute Gasteiger partial charge is 0.309 e. The fraction of sp³-hybridized carbons (Fsp3) is 0.167. The number of fused-ring (bicyclic) bond motifs is 1. The van der Waals surface area contributed by atoms with E-state index >= 15 is 0 Å². The second-order valence-electron chi connectivity index (χ2n) is 7.44. The molecule has 4 aromatic rings. The molecular formula is C24H23N3O5S. The Morgan fingerprint density at radius 1 is 0.909 bits per heavy atom. The number of nitrogens with one attached hydrogen (secondary N) is 3. The lowest BCUT2D eigenvalue weighted by Crippen LogP contribution is -2.42. The van der Waals surface area contributed by atoms with Crippen molar-refractivity contribution in [2.24, 2.45) is 0 Å². The Morgan fingerprint density at radius 2 is 1.64 bits per heavy atom. The molecule has 1 atom stereocenters. The molecule has 0 bridgehead atoms. The number of para-hydroxylation sites is 1. The molecule has 3 N–H and O–H groups in total. The van der Waals surface area contributed by atoms with Gasteiger partial charge >= 0.3 is 11.8 Å². The van der Waals surface area contributed by atoms with Gasteiger partial charge in [0, 0.05) is 30.2 Å². The summed E-state index contributed by atoms with van der Waals surface area (Å²) in [6.07, 6.45) is 3.78. The van der Waals surface area contributed by atoms with Crippen LogP contribution in [0, 0.1) is 0 Å². The molecule has 0 saturated carbocycles. The van der Waals surface area contributed by atoms with Crippen LogP contribution in [0.2, 0.25) is 0 Å². The van der Waals surface area contributed by atoms with E-state index in [0.717, 1.165) is 16.5 Å². The number of aromatic nitrogens is 1. The van der Waals surface area contributed by atoms with Crippen molar-refractivity contribution in [2.75, 3.05) is 13.1 Å². The van der Waals surface area contributed by atoms with E-state index in [0.29, 0.717) is 6.42 Å². The van der Waals surface area contributed by atoms with Gasteiger partial charge in [0.2, 0.25) is 0 Å². The van der Waals surface area contributed by atoms with Gasteiger partial charge in [-0.15, -0.1) is 0 Å². The highest BCUT2D eigenvalue weighted by atomic mass is 32.2. The number of aromatic amines is 1. The summed E-state index contributed by atoms with van der Waals surface area (Å²) in [4.78, 5) is 27.8. The minimum Gasteiger partial charge on any atom is -0.468 e. The molecule has 0 spiro atoms. The van der Waals surface area contributed by atoms with Crippen molar-refractivity contribution in [2.45, 2.75) is 16.6 Å². The van der Waals surface area contributed by atoms with Crippen LogP contribution < -0.4 is 10.6 Å². The molecule has 0 fully saturated rings. The molecule has 8 nitrogen and oxygen atoms in total. The lowest BCUT2D eigenvalue weighted by molar-refractivity contribution is -0.139. The zero-order valence-electron chi connectivity index (χ0n) is 17.7. The lowest BCUT2D eigenvalue weighted by atomic mass is 10.1. The van der Waals surface area contributed by atoms with Gasteiger partial charge in [0.25, 0.3) is 0 Å². The maximum absolute atomic E-state index is 13.1. The summed E-state index contributed by atoms with van der Waals surface area (Å²) < 4.78 is 31.5. The number of hydrogen-bond donors (Lipinski definition) is 3. The molecule has 4 rings (SSSR count). The van der Waals surface area contributed by atoms with Crippen molar-refractivity contribution in [3.05, 3.63) is 90.5 Å². The van der Waals surface area contributed by atoms with Gasteiger partial charge in [0.1, 0.15) is 11.0 Å². The Bertz CT molecular complexity index is 1350. The van der Waals surface area contributed by atoms with Crippen LogP contribution in [-0.2, 0) is 25.8 Å². The number of furan rings is 1. The van der Waals surface area contributed by atoms with Crippen LogP contribution in [-0.4, -0.2) is 38.3 Å². The Morgan fingerprint density at radius 3 is 2.39 bits per heavy atom. The van der Waals surface area contributed by atoms with E-state index in [2.05, 4.69) is 15.6 Å². The van der Waals surface area contributed by atoms with E-state index in [1.54, 1.807) is 24.3 Å². The van der Waals surface area contributed by atoms with Crippen LogP contribution in [0.3, 0.4) is 0 Å². The molecule has 2 aromatic heterocycles. The molecule has 0 aliphatic carbocycles. The first-order valence-corrected chi connectivity index (χ1v) is 11.9. The summed E-state index contributed by atoms with van der Waals surface area (Å²) in [5.41, 5.74) is 2.03. The number of H-pyrrole nitrogens is 1. The Hall–Kier alpha value is -3.85. The van der Waals surface area contributed by atoms with Crippen LogP contribution in [0.5, 0.6) is 0 Å². The summed E-state index contributed by atoms with van der Waals surface area (Å²) in [5, 5.41) is 4.89. The number of rotatable bonds is 8. The highest BCUT2D eigenvalue weighted by Crippen LogP contribution is 2.28. The molecule has 1 unspecified atom stereocenters. The number of hydrogen-bond acceptors (Lipinski definition) is 5. The molecule has 2 aromatic carbocycles. The molecule has 0 aliphatic heterocycles. The van der Waals surface area contributed by atoms with Crippen LogP contribution >= 0.6 is 0 Å². The maximum atomic E-state index is 13.1. The van der Waals surface area contributed by atoms with E-state index in [1.165, 1.54) is 24.5 Å². The Labute approximate surface area is 190 Å². The number of amides is 2. The van der Waals surface area contributed by atoms with E-state index in [4.69, 9.17) is 4.42 Å². The van der Waals surface area contributed by atoms with Crippen LogP contribution in [0.25, 0.3) is 10.9 Å². The molecule has 9 heteroatoms. The molecular weight excluding hydrogens is 442 g/mol. The van der Waals surface area contributed by atoms with Crippen molar-refractivity contribution >= 4 is 32.6 Å². The number of benzene rings is 2. The van der Waals surface area contributed by atoms with Gasteiger partial charge in [0.05, 0.1) is 11.2 Å². The molecule has 0 aliphatic rings. The third kappa shape index (κ3) is 4.98. The van der Waals surface area contributed by atoms with Gasteiger partial charge in [-0.1, -0.05) is 36.4 Å². The first-order chi connectivity index (χ1) is 16.0. The summed E-state index contributed by atoms with van der Waals surface area (Å²) in [5.74, 6) is -1.56. The number of sulfone groups is 1. The predicted octanol–water partition coefficient (Wildman–Crippen LogP) is 2.75. The van der Waals surface area contributed by atoms with Crippen LogP contribution in [0.15, 0.2) is 88.5 Å². The quantitative estimate of drug-likeness (QED) is 0.346. The second kappa shape index (κ2) is 9.74. The molecule has 2 amide bonds. The predicted molar refractivity (Wildman–Crippen MR) is 123 cm³/mol. The Kier molecular flexibility index (Phi) is 6.60. The average Bonchev–Trinajstić information content (AvgIpc) is 3.50. The highest BCUT2D eigenvalue weighted by molar-refractivity contribution is 7.91. The number of carbonyl (C=O) groups excluding carboxylic acids is 2. The van der Waals surface area contributed by atoms with Crippen molar-refractivity contribution in [3.8, 4) is 0 Å². The normalized spacial score (nSPS) is 12.4. The summed E-state index contributed by atoms with van der Waals surface area (Å²) in [6, 6.07) is 18.8. The standard InChI is InChI=1S/C24H23N3O5S/c28-23(25-13-12-17-15-26-20-10-5-4-9-19(17)20)24(29)27-16-22(21-11-6-14-32-21)33(30,31)18-7-2-1-3-8-18/h1-11,14-15,22,26H,12-13,16H2,(H,25,28)(H,27,29). The first-order valence-electron chi connectivity index (χ1n) is 10.4. The SMILES string of the molecule is O=C(NCCc1c[nH]c2ccccc12)C(=O)NCC(c1ccco1)S(=O)(=O)c1ccccc1. The third-order valence-electron chi connectivity index (χ3n) is 5.32. The summed E-state index contributed by atoms with van der Waals surface area (Å²) >= 11 is 0. The fourth-order valence-electron chi connectivity index (χ4n) is 3.61. The Balaban J connectivity index is 1.36.